The first-order chi connectivity index (χ1) is 10.5. The van der Waals surface area contributed by atoms with E-state index < -0.39 is 17.8 Å². The Hall–Kier alpha value is -2.63. The minimum atomic E-state index is -0.848. The Labute approximate surface area is 129 Å². The molecule has 0 spiro atoms. The van der Waals surface area contributed by atoms with Crippen LogP contribution in [0.2, 0.25) is 0 Å². The SMILES string of the molecule is CCCCOC(=O)C(=C(C(=N)N)C(=O)OC)c1ccccc1. The van der Waals surface area contributed by atoms with Gasteiger partial charge in [0.1, 0.15) is 11.4 Å². The van der Waals surface area contributed by atoms with Gasteiger partial charge in [-0.1, -0.05) is 43.7 Å². The van der Waals surface area contributed by atoms with E-state index in [-0.39, 0.29) is 17.8 Å². The van der Waals surface area contributed by atoms with Crippen LogP contribution in [0.25, 0.3) is 5.57 Å². The summed E-state index contributed by atoms with van der Waals surface area (Å²) in [7, 11) is 1.16. The monoisotopic (exact) mass is 304 g/mol. The second-order valence-corrected chi connectivity index (χ2v) is 4.51. The molecule has 0 saturated heterocycles. The summed E-state index contributed by atoms with van der Waals surface area (Å²) in [5.41, 5.74) is 5.55. The van der Waals surface area contributed by atoms with Crippen molar-refractivity contribution in [2.45, 2.75) is 19.8 Å². The van der Waals surface area contributed by atoms with Gasteiger partial charge in [0.05, 0.1) is 19.3 Å². The highest BCUT2D eigenvalue weighted by molar-refractivity contribution is 6.33. The maximum atomic E-state index is 12.3. The number of rotatable bonds is 7. The topological polar surface area (TPSA) is 102 Å². The average Bonchev–Trinajstić information content (AvgIpc) is 2.52. The van der Waals surface area contributed by atoms with Crippen molar-refractivity contribution in [2.75, 3.05) is 13.7 Å². The highest BCUT2D eigenvalue weighted by Crippen LogP contribution is 2.21. The van der Waals surface area contributed by atoms with Gasteiger partial charge in [-0.25, -0.2) is 9.59 Å². The number of ether oxygens (including phenoxy) is 2. The van der Waals surface area contributed by atoms with E-state index in [2.05, 4.69) is 4.74 Å². The molecule has 0 aromatic heterocycles. The fourth-order valence-electron chi connectivity index (χ4n) is 1.80. The Balaban J connectivity index is 3.35. The quantitative estimate of drug-likeness (QED) is 0.263. The number of hydrogen-bond acceptors (Lipinski definition) is 5. The van der Waals surface area contributed by atoms with E-state index in [0.717, 1.165) is 13.5 Å². The van der Waals surface area contributed by atoms with Crippen LogP contribution in [-0.2, 0) is 19.1 Å². The lowest BCUT2D eigenvalue weighted by Crippen LogP contribution is -2.25. The fourth-order valence-corrected chi connectivity index (χ4v) is 1.80. The van der Waals surface area contributed by atoms with Crippen molar-refractivity contribution in [1.29, 1.82) is 5.41 Å². The molecule has 0 unspecified atom stereocenters. The van der Waals surface area contributed by atoms with Crippen LogP contribution in [0.15, 0.2) is 35.9 Å². The van der Waals surface area contributed by atoms with Crippen molar-refractivity contribution in [3.8, 4) is 0 Å². The van der Waals surface area contributed by atoms with Crippen molar-refractivity contribution in [3.05, 3.63) is 41.5 Å². The van der Waals surface area contributed by atoms with Gasteiger partial charge in [0, 0.05) is 0 Å². The van der Waals surface area contributed by atoms with Gasteiger partial charge in [-0.3, -0.25) is 5.41 Å². The third-order valence-electron chi connectivity index (χ3n) is 2.91. The Morgan fingerprint density at radius 1 is 1.18 bits per heavy atom. The van der Waals surface area contributed by atoms with Crippen LogP contribution in [0, 0.1) is 5.41 Å². The molecule has 0 bridgehead atoms. The first-order valence-electron chi connectivity index (χ1n) is 6.92. The van der Waals surface area contributed by atoms with E-state index in [1.54, 1.807) is 30.3 Å². The molecule has 0 aliphatic carbocycles. The third kappa shape index (κ3) is 4.44. The molecule has 0 aliphatic rings. The van der Waals surface area contributed by atoms with E-state index in [0.29, 0.717) is 12.0 Å². The highest BCUT2D eigenvalue weighted by Gasteiger charge is 2.26. The van der Waals surface area contributed by atoms with Gasteiger partial charge in [-0.05, 0) is 12.0 Å². The predicted molar refractivity (Wildman–Crippen MR) is 83.2 cm³/mol. The van der Waals surface area contributed by atoms with E-state index in [1.807, 2.05) is 6.92 Å². The molecule has 0 aliphatic heterocycles. The summed E-state index contributed by atoms with van der Waals surface area (Å²) in [5.74, 6) is -2.09. The number of amidine groups is 1. The number of methoxy groups -OCH3 is 1. The second kappa shape index (κ2) is 8.61. The normalized spacial score (nSPS) is 11.4. The molecule has 0 radical (unpaired) electrons. The molecule has 1 aromatic carbocycles. The van der Waals surface area contributed by atoms with E-state index in [9.17, 15) is 9.59 Å². The van der Waals surface area contributed by atoms with Crippen LogP contribution in [-0.4, -0.2) is 31.5 Å². The number of nitrogens with two attached hydrogens (primary N) is 1. The zero-order valence-electron chi connectivity index (χ0n) is 12.7. The molecule has 0 atom stereocenters. The molecule has 0 fully saturated rings. The molecule has 22 heavy (non-hydrogen) atoms. The zero-order valence-corrected chi connectivity index (χ0v) is 12.7. The molecule has 0 amide bonds. The number of esters is 2. The van der Waals surface area contributed by atoms with Gasteiger partial charge < -0.3 is 15.2 Å². The van der Waals surface area contributed by atoms with Crippen molar-refractivity contribution in [3.63, 3.8) is 0 Å². The van der Waals surface area contributed by atoms with Gasteiger partial charge in [0.25, 0.3) is 0 Å². The summed E-state index contributed by atoms with van der Waals surface area (Å²) in [5, 5.41) is 7.58. The number of carbonyl (C=O) groups excluding carboxylic acids is 2. The van der Waals surface area contributed by atoms with Gasteiger partial charge in [0.2, 0.25) is 0 Å². The zero-order chi connectivity index (χ0) is 16.5. The third-order valence-corrected chi connectivity index (χ3v) is 2.91. The summed E-state index contributed by atoms with van der Waals surface area (Å²) in [6, 6.07) is 8.48. The van der Waals surface area contributed by atoms with Crippen LogP contribution in [0.3, 0.4) is 0 Å². The number of hydrogen-bond donors (Lipinski definition) is 2. The van der Waals surface area contributed by atoms with Crippen molar-refractivity contribution >= 4 is 23.3 Å². The molecule has 6 heteroatoms. The molecular formula is C16H20N2O4. The van der Waals surface area contributed by atoms with Crippen LogP contribution in [0.1, 0.15) is 25.3 Å². The van der Waals surface area contributed by atoms with Crippen molar-refractivity contribution in [1.82, 2.24) is 0 Å². The number of nitrogens with one attached hydrogen (secondary N) is 1. The maximum absolute atomic E-state index is 12.3. The first kappa shape index (κ1) is 17.4. The van der Waals surface area contributed by atoms with Crippen LogP contribution in [0.4, 0.5) is 0 Å². The lowest BCUT2D eigenvalue weighted by atomic mass is 9.99. The Bertz CT molecular complexity index is 579. The highest BCUT2D eigenvalue weighted by atomic mass is 16.5. The summed E-state index contributed by atoms with van der Waals surface area (Å²) in [4.78, 5) is 24.2. The number of unbranched alkanes of at least 4 members (excludes halogenated alkanes) is 1. The second-order valence-electron chi connectivity index (χ2n) is 4.51. The lowest BCUT2D eigenvalue weighted by Gasteiger charge is -2.13. The standard InChI is InChI=1S/C16H20N2O4/c1-3-4-10-22-16(20)12(11-8-6-5-7-9-11)13(14(17)18)15(19)21-2/h5-9H,3-4,10H2,1-2H3,(H3,17,18). The van der Waals surface area contributed by atoms with E-state index in [1.165, 1.54) is 0 Å². The number of carbonyl (C=O) groups is 2. The molecule has 0 saturated carbocycles. The van der Waals surface area contributed by atoms with Gasteiger partial charge in [-0.15, -0.1) is 0 Å². The summed E-state index contributed by atoms with van der Waals surface area (Å²) in [6.07, 6.45) is 1.58. The Morgan fingerprint density at radius 3 is 2.32 bits per heavy atom. The molecule has 0 heterocycles. The molecule has 1 rings (SSSR count). The average molecular weight is 304 g/mol. The molecule has 3 N–H and O–H groups in total. The maximum Gasteiger partial charge on any atom is 0.342 e. The largest absolute Gasteiger partial charge is 0.465 e. The molecule has 6 nitrogen and oxygen atoms in total. The van der Waals surface area contributed by atoms with Crippen LogP contribution < -0.4 is 5.73 Å². The molecular weight excluding hydrogens is 284 g/mol. The summed E-state index contributed by atoms with van der Waals surface area (Å²) >= 11 is 0. The summed E-state index contributed by atoms with van der Waals surface area (Å²) < 4.78 is 9.79. The van der Waals surface area contributed by atoms with Gasteiger partial charge in [0.15, 0.2) is 0 Å². The Morgan fingerprint density at radius 2 is 1.82 bits per heavy atom. The molecule has 1 aromatic rings. The number of benzene rings is 1. The first-order valence-corrected chi connectivity index (χ1v) is 6.92. The minimum Gasteiger partial charge on any atom is -0.465 e. The predicted octanol–water partition coefficient (Wildman–Crippen LogP) is 1.89. The van der Waals surface area contributed by atoms with Crippen molar-refractivity contribution < 1.29 is 19.1 Å². The fraction of sp³-hybridized carbons (Fsp3) is 0.312. The van der Waals surface area contributed by atoms with Crippen LogP contribution in [0.5, 0.6) is 0 Å². The van der Waals surface area contributed by atoms with E-state index in [4.69, 9.17) is 15.9 Å². The van der Waals surface area contributed by atoms with Crippen molar-refractivity contribution in [2.24, 2.45) is 5.73 Å². The molecule has 118 valence electrons. The summed E-state index contributed by atoms with van der Waals surface area (Å²) in [6.45, 7) is 2.20. The van der Waals surface area contributed by atoms with Crippen LogP contribution >= 0.6 is 0 Å². The minimum absolute atomic E-state index is 0.0592. The lowest BCUT2D eigenvalue weighted by molar-refractivity contribution is -0.138. The smallest absolute Gasteiger partial charge is 0.342 e. The van der Waals surface area contributed by atoms with Gasteiger partial charge in [-0.2, -0.15) is 0 Å². The van der Waals surface area contributed by atoms with Gasteiger partial charge >= 0.3 is 11.9 Å². The van der Waals surface area contributed by atoms with E-state index >= 15 is 0 Å². The Kier molecular flexibility index (Phi) is 6.82.